The Labute approximate surface area is 194 Å². The molecule has 0 radical (unpaired) electrons. The van der Waals surface area contributed by atoms with Gasteiger partial charge >= 0.3 is 0 Å². The van der Waals surface area contributed by atoms with Crippen LogP contribution in [0.1, 0.15) is 22.7 Å². The quantitative estimate of drug-likeness (QED) is 0.323. The van der Waals surface area contributed by atoms with E-state index in [1.54, 1.807) is 48.8 Å². The van der Waals surface area contributed by atoms with Gasteiger partial charge < -0.3 is 14.7 Å². The highest BCUT2D eigenvalue weighted by Crippen LogP contribution is 2.41. The lowest BCUT2D eigenvalue weighted by Crippen LogP contribution is -2.29. The Balaban J connectivity index is 1.89. The standard InChI is InChI=1S/C24H18Cl2N2O4/c1-32-17-6-2-5-15(10-17)21-20(22(29)16-7-8-18(25)19(26)11-16)23(30)24(31)28(21)13-14-4-3-9-27-12-14/h2-12,21,29H,13H2,1H3/b22-20-. The van der Waals surface area contributed by atoms with Gasteiger partial charge in [0, 0.05) is 24.5 Å². The number of amides is 1. The van der Waals surface area contributed by atoms with Gasteiger partial charge in [-0.1, -0.05) is 41.4 Å². The highest BCUT2D eigenvalue weighted by molar-refractivity contribution is 6.46. The molecule has 1 aromatic heterocycles. The molecule has 162 valence electrons. The molecule has 2 aromatic carbocycles. The third kappa shape index (κ3) is 4.07. The summed E-state index contributed by atoms with van der Waals surface area (Å²) in [5, 5.41) is 11.6. The van der Waals surface area contributed by atoms with E-state index in [-0.39, 0.29) is 28.5 Å². The molecule has 0 aliphatic carbocycles. The van der Waals surface area contributed by atoms with Crippen LogP contribution in [0.3, 0.4) is 0 Å². The predicted octanol–water partition coefficient (Wildman–Crippen LogP) is 5.02. The van der Waals surface area contributed by atoms with Gasteiger partial charge in [0.1, 0.15) is 11.5 Å². The van der Waals surface area contributed by atoms with E-state index in [1.807, 2.05) is 6.07 Å². The van der Waals surface area contributed by atoms with E-state index in [9.17, 15) is 14.7 Å². The minimum atomic E-state index is -0.834. The number of aromatic nitrogens is 1. The van der Waals surface area contributed by atoms with Crippen molar-refractivity contribution in [2.75, 3.05) is 7.11 Å². The highest BCUT2D eigenvalue weighted by Gasteiger charge is 2.46. The summed E-state index contributed by atoms with van der Waals surface area (Å²) >= 11 is 12.1. The number of carbonyl (C=O) groups excluding carboxylic acids is 2. The number of aliphatic hydroxyl groups is 1. The highest BCUT2D eigenvalue weighted by atomic mass is 35.5. The monoisotopic (exact) mass is 468 g/mol. The van der Waals surface area contributed by atoms with E-state index in [1.165, 1.54) is 24.1 Å². The molecular weight excluding hydrogens is 451 g/mol. The van der Waals surface area contributed by atoms with Crippen molar-refractivity contribution in [1.82, 2.24) is 9.88 Å². The second-order valence-corrected chi connectivity index (χ2v) is 8.01. The number of ketones is 1. The SMILES string of the molecule is COc1cccc(C2/C(=C(/O)c3ccc(Cl)c(Cl)c3)C(=O)C(=O)N2Cc2cccnc2)c1. The fraction of sp³-hybridized carbons (Fsp3) is 0.125. The summed E-state index contributed by atoms with van der Waals surface area (Å²) < 4.78 is 5.32. The van der Waals surface area contributed by atoms with Gasteiger partial charge in [0.05, 0.1) is 28.8 Å². The smallest absolute Gasteiger partial charge is 0.295 e. The Bertz CT molecular complexity index is 1230. The fourth-order valence-corrected chi connectivity index (χ4v) is 3.99. The van der Waals surface area contributed by atoms with Gasteiger partial charge in [-0.25, -0.2) is 0 Å². The Morgan fingerprint density at radius 1 is 1.09 bits per heavy atom. The number of Topliss-reactive ketones (excluding diaryl/α,β-unsaturated/α-hetero) is 1. The average molecular weight is 469 g/mol. The van der Waals surface area contributed by atoms with Gasteiger partial charge in [0.2, 0.25) is 0 Å². The number of halogens is 2. The molecule has 8 heteroatoms. The Morgan fingerprint density at radius 2 is 1.91 bits per heavy atom. The van der Waals surface area contributed by atoms with Crippen LogP contribution in [-0.2, 0) is 16.1 Å². The number of rotatable bonds is 5. The van der Waals surface area contributed by atoms with Crippen LogP contribution in [0.4, 0.5) is 0 Å². The van der Waals surface area contributed by atoms with Crippen LogP contribution in [0.2, 0.25) is 10.0 Å². The van der Waals surface area contributed by atoms with Crippen molar-refractivity contribution in [2.24, 2.45) is 0 Å². The summed E-state index contributed by atoms with van der Waals surface area (Å²) in [7, 11) is 1.53. The number of methoxy groups -OCH3 is 1. The first-order valence-corrected chi connectivity index (χ1v) is 10.4. The summed E-state index contributed by atoms with van der Waals surface area (Å²) in [6, 6.07) is 14.3. The zero-order chi connectivity index (χ0) is 22.8. The molecule has 1 N–H and O–H groups in total. The number of carbonyl (C=O) groups is 2. The number of nitrogens with zero attached hydrogens (tertiary/aromatic N) is 2. The molecular formula is C24H18Cl2N2O4. The Kier molecular flexibility index (Phi) is 6.17. The van der Waals surface area contributed by atoms with Gasteiger partial charge in [-0.3, -0.25) is 14.6 Å². The number of ether oxygens (including phenoxy) is 1. The van der Waals surface area contributed by atoms with Gasteiger partial charge in [0.25, 0.3) is 11.7 Å². The molecule has 4 rings (SSSR count). The topological polar surface area (TPSA) is 79.7 Å². The maximum atomic E-state index is 13.1. The molecule has 32 heavy (non-hydrogen) atoms. The summed E-state index contributed by atoms with van der Waals surface area (Å²) in [6.07, 6.45) is 3.25. The maximum Gasteiger partial charge on any atom is 0.295 e. The van der Waals surface area contributed by atoms with Gasteiger partial charge in [0.15, 0.2) is 0 Å². The molecule has 1 aliphatic heterocycles. The zero-order valence-corrected chi connectivity index (χ0v) is 18.5. The molecule has 2 heterocycles. The molecule has 0 saturated carbocycles. The van der Waals surface area contributed by atoms with Crippen LogP contribution >= 0.6 is 23.2 Å². The van der Waals surface area contributed by atoms with E-state index in [4.69, 9.17) is 27.9 Å². The molecule has 6 nitrogen and oxygen atoms in total. The van der Waals surface area contributed by atoms with E-state index < -0.39 is 17.7 Å². The molecule has 0 spiro atoms. The van der Waals surface area contributed by atoms with Crippen LogP contribution in [-0.4, -0.2) is 33.8 Å². The first-order valence-electron chi connectivity index (χ1n) is 9.67. The molecule has 1 atom stereocenters. The van der Waals surface area contributed by atoms with Gasteiger partial charge in [-0.2, -0.15) is 0 Å². The van der Waals surface area contributed by atoms with Crippen molar-refractivity contribution in [3.05, 3.63) is 99.3 Å². The maximum absolute atomic E-state index is 13.1. The summed E-state index contributed by atoms with van der Waals surface area (Å²) in [6.45, 7) is 0.137. The first-order chi connectivity index (χ1) is 15.4. The van der Waals surface area contributed by atoms with Crippen molar-refractivity contribution < 1.29 is 19.4 Å². The van der Waals surface area contributed by atoms with Crippen LogP contribution in [0.25, 0.3) is 5.76 Å². The molecule has 1 amide bonds. The number of hydrogen-bond donors (Lipinski definition) is 1. The number of hydrogen-bond acceptors (Lipinski definition) is 5. The molecule has 1 fully saturated rings. The number of aliphatic hydroxyl groups excluding tert-OH is 1. The summed E-state index contributed by atoms with van der Waals surface area (Å²) in [5.41, 5.74) is 1.61. The van der Waals surface area contributed by atoms with Crippen LogP contribution in [0.5, 0.6) is 5.75 Å². The van der Waals surface area contributed by atoms with Crippen LogP contribution in [0, 0.1) is 0 Å². The normalized spacial score (nSPS) is 17.6. The van der Waals surface area contributed by atoms with Crippen LogP contribution < -0.4 is 4.74 Å². The van der Waals surface area contributed by atoms with Crippen molar-refractivity contribution in [2.45, 2.75) is 12.6 Å². The van der Waals surface area contributed by atoms with E-state index >= 15 is 0 Å². The molecule has 1 aliphatic rings. The number of benzene rings is 2. The second-order valence-electron chi connectivity index (χ2n) is 7.19. The molecule has 1 unspecified atom stereocenters. The van der Waals surface area contributed by atoms with Crippen molar-refractivity contribution in [3.8, 4) is 5.75 Å². The van der Waals surface area contributed by atoms with E-state index in [0.717, 1.165) is 5.56 Å². The molecule has 3 aromatic rings. The predicted molar refractivity (Wildman–Crippen MR) is 122 cm³/mol. The van der Waals surface area contributed by atoms with E-state index in [0.29, 0.717) is 16.3 Å². The van der Waals surface area contributed by atoms with Gasteiger partial charge in [-0.15, -0.1) is 0 Å². The minimum Gasteiger partial charge on any atom is -0.507 e. The van der Waals surface area contributed by atoms with Crippen LogP contribution in [0.15, 0.2) is 72.6 Å². The summed E-state index contributed by atoms with van der Waals surface area (Å²) in [5.74, 6) is -1.28. The van der Waals surface area contributed by atoms with Crippen molar-refractivity contribution in [1.29, 1.82) is 0 Å². The minimum absolute atomic E-state index is 0.0365. The lowest BCUT2D eigenvalue weighted by Gasteiger charge is -2.25. The number of pyridine rings is 1. The van der Waals surface area contributed by atoms with E-state index in [2.05, 4.69) is 4.98 Å². The molecule has 1 saturated heterocycles. The third-order valence-corrected chi connectivity index (χ3v) is 5.96. The first kappa shape index (κ1) is 21.9. The summed E-state index contributed by atoms with van der Waals surface area (Å²) in [4.78, 5) is 31.6. The lowest BCUT2D eigenvalue weighted by molar-refractivity contribution is -0.140. The lowest BCUT2D eigenvalue weighted by atomic mass is 9.95. The van der Waals surface area contributed by atoms with Crippen molar-refractivity contribution in [3.63, 3.8) is 0 Å². The number of likely N-dealkylation sites (tertiary alicyclic amines) is 1. The largest absolute Gasteiger partial charge is 0.507 e. The Morgan fingerprint density at radius 3 is 2.59 bits per heavy atom. The molecule has 0 bridgehead atoms. The Hall–Kier alpha value is -3.35. The van der Waals surface area contributed by atoms with Gasteiger partial charge in [-0.05, 0) is 47.5 Å². The third-order valence-electron chi connectivity index (χ3n) is 5.22. The average Bonchev–Trinajstić information content (AvgIpc) is 3.06. The van der Waals surface area contributed by atoms with Crippen molar-refractivity contribution >= 4 is 40.7 Å². The second kappa shape index (κ2) is 9.02. The fourth-order valence-electron chi connectivity index (χ4n) is 3.69. The zero-order valence-electron chi connectivity index (χ0n) is 17.0.